The summed E-state index contributed by atoms with van der Waals surface area (Å²) in [6.45, 7) is 5.37. The Morgan fingerprint density at radius 3 is 2.91 bits per heavy atom. The first kappa shape index (κ1) is 16.3. The Morgan fingerprint density at radius 1 is 1.36 bits per heavy atom. The van der Waals surface area contributed by atoms with Gasteiger partial charge in [0.2, 0.25) is 11.8 Å². The molecule has 120 valence electrons. The third-order valence-electron chi connectivity index (χ3n) is 3.97. The number of carbonyl (C=O) groups excluding carboxylic acids is 2. The van der Waals surface area contributed by atoms with Crippen LogP contribution in [0, 0.1) is 6.92 Å². The van der Waals surface area contributed by atoms with Crippen LogP contribution in [0.4, 0.5) is 5.69 Å². The number of carbonyl (C=O) groups is 2. The zero-order valence-corrected chi connectivity index (χ0v) is 13.3. The molecule has 1 aliphatic rings. The SMILES string of the molecule is CC(=O)N1CCCC[C@H]1C(=O)NCCNc1ccncc1C. The van der Waals surface area contributed by atoms with Gasteiger partial charge in [-0.25, -0.2) is 0 Å². The predicted octanol–water partition coefficient (Wildman–Crippen LogP) is 1.32. The van der Waals surface area contributed by atoms with Gasteiger partial charge in [-0.05, 0) is 37.8 Å². The molecule has 0 aromatic carbocycles. The van der Waals surface area contributed by atoms with Gasteiger partial charge >= 0.3 is 0 Å². The summed E-state index contributed by atoms with van der Waals surface area (Å²) in [6, 6.07) is 1.60. The van der Waals surface area contributed by atoms with Crippen molar-refractivity contribution in [1.29, 1.82) is 0 Å². The smallest absolute Gasteiger partial charge is 0.242 e. The van der Waals surface area contributed by atoms with Gasteiger partial charge in [0.15, 0.2) is 0 Å². The summed E-state index contributed by atoms with van der Waals surface area (Å²) in [5, 5.41) is 6.19. The van der Waals surface area contributed by atoms with Crippen molar-refractivity contribution >= 4 is 17.5 Å². The lowest BCUT2D eigenvalue weighted by Gasteiger charge is -2.33. The molecule has 0 bridgehead atoms. The molecule has 0 unspecified atom stereocenters. The summed E-state index contributed by atoms with van der Waals surface area (Å²) < 4.78 is 0. The predicted molar refractivity (Wildman–Crippen MR) is 85.5 cm³/mol. The number of aromatic nitrogens is 1. The van der Waals surface area contributed by atoms with Crippen molar-refractivity contribution in [2.24, 2.45) is 0 Å². The van der Waals surface area contributed by atoms with Gasteiger partial charge in [-0.3, -0.25) is 14.6 Å². The number of anilines is 1. The second-order valence-electron chi connectivity index (χ2n) is 5.63. The van der Waals surface area contributed by atoms with Gasteiger partial charge in [-0.1, -0.05) is 0 Å². The van der Waals surface area contributed by atoms with E-state index in [1.807, 2.05) is 13.0 Å². The van der Waals surface area contributed by atoms with Gasteiger partial charge in [0, 0.05) is 44.6 Å². The molecule has 2 rings (SSSR count). The molecule has 1 atom stereocenters. The zero-order valence-electron chi connectivity index (χ0n) is 13.3. The molecule has 0 radical (unpaired) electrons. The van der Waals surface area contributed by atoms with Gasteiger partial charge in [0.25, 0.3) is 0 Å². The molecule has 22 heavy (non-hydrogen) atoms. The van der Waals surface area contributed by atoms with Crippen LogP contribution in [0.1, 0.15) is 31.7 Å². The molecule has 1 aromatic heterocycles. The van der Waals surface area contributed by atoms with Crippen LogP contribution in [0.3, 0.4) is 0 Å². The molecule has 6 heteroatoms. The third kappa shape index (κ3) is 4.19. The third-order valence-corrected chi connectivity index (χ3v) is 3.97. The minimum Gasteiger partial charge on any atom is -0.383 e. The van der Waals surface area contributed by atoms with E-state index in [1.54, 1.807) is 17.3 Å². The molecule has 6 nitrogen and oxygen atoms in total. The van der Waals surface area contributed by atoms with Crippen molar-refractivity contribution < 1.29 is 9.59 Å². The minimum absolute atomic E-state index is 0.0228. The van der Waals surface area contributed by atoms with Gasteiger partial charge < -0.3 is 15.5 Å². The quantitative estimate of drug-likeness (QED) is 0.805. The highest BCUT2D eigenvalue weighted by molar-refractivity contribution is 5.87. The number of hydrogen-bond acceptors (Lipinski definition) is 4. The van der Waals surface area contributed by atoms with Gasteiger partial charge in [-0.15, -0.1) is 0 Å². The minimum atomic E-state index is -0.311. The average Bonchev–Trinajstić information content (AvgIpc) is 2.52. The van der Waals surface area contributed by atoms with E-state index < -0.39 is 0 Å². The maximum absolute atomic E-state index is 12.2. The summed E-state index contributed by atoms with van der Waals surface area (Å²) >= 11 is 0. The van der Waals surface area contributed by atoms with Crippen LogP contribution in [0.25, 0.3) is 0 Å². The fourth-order valence-electron chi connectivity index (χ4n) is 2.75. The Labute approximate surface area is 131 Å². The van der Waals surface area contributed by atoms with Crippen LogP contribution >= 0.6 is 0 Å². The van der Waals surface area contributed by atoms with E-state index in [9.17, 15) is 9.59 Å². The fraction of sp³-hybridized carbons (Fsp3) is 0.562. The van der Waals surface area contributed by atoms with E-state index in [0.29, 0.717) is 19.6 Å². The molecule has 2 N–H and O–H groups in total. The Hall–Kier alpha value is -2.11. The lowest BCUT2D eigenvalue weighted by Crippen LogP contribution is -2.51. The molecule has 2 heterocycles. The number of likely N-dealkylation sites (tertiary alicyclic amines) is 1. The summed E-state index contributed by atoms with van der Waals surface area (Å²) in [7, 11) is 0. The molecule has 0 aliphatic carbocycles. The Kier molecular flexibility index (Phi) is 5.75. The first-order chi connectivity index (χ1) is 10.6. The first-order valence-corrected chi connectivity index (χ1v) is 7.79. The Bertz CT molecular complexity index is 533. The van der Waals surface area contributed by atoms with Crippen LogP contribution in [0.5, 0.6) is 0 Å². The molecule has 0 saturated carbocycles. The summed E-state index contributed by atoms with van der Waals surface area (Å²) in [6.07, 6.45) is 6.26. The summed E-state index contributed by atoms with van der Waals surface area (Å²) in [5.74, 6) is -0.0754. The van der Waals surface area contributed by atoms with Gasteiger partial charge in [0.05, 0.1) is 0 Å². The summed E-state index contributed by atoms with van der Waals surface area (Å²) in [5.41, 5.74) is 2.09. The number of nitrogens with one attached hydrogen (secondary N) is 2. The van der Waals surface area contributed by atoms with E-state index in [2.05, 4.69) is 15.6 Å². The van der Waals surface area contributed by atoms with Gasteiger partial charge in [-0.2, -0.15) is 0 Å². The number of aryl methyl sites for hydroxylation is 1. The maximum Gasteiger partial charge on any atom is 0.242 e. The topological polar surface area (TPSA) is 74.3 Å². The van der Waals surface area contributed by atoms with E-state index in [1.165, 1.54) is 6.92 Å². The number of piperidine rings is 1. The van der Waals surface area contributed by atoms with Gasteiger partial charge in [0.1, 0.15) is 6.04 Å². The average molecular weight is 304 g/mol. The summed E-state index contributed by atoms with van der Waals surface area (Å²) in [4.78, 5) is 29.6. The molecule has 1 aliphatic heterocycles. The number of rotatable bonds is 5. The van der Waals surface area contributed by atoms with Crippen molar-refractivity contribution in [2.45, 2.75) is 39.2 Å². The highest BCUT2D eigenvalue weighted by atomic mass is 16.2. The maximum atomic E-state index is 12.2. The number of hydrogen-bond donors (Lipinski definition) is 2. The Morgan fingerprint density at radius 2 is 2.18 bits per heavy atom. The zero-order chi connectivity index (χ0) is 15.9. The molecule has 1 fully saturated rings. The van der Waals surface area contributed by atoms with Crippen LogP contribution in [-0.4, -0.2) is 47.4 Å². The number of pyridine rings is 1. The normalized spacial score (nSPS) is 17.9. The van der Waals surface area contributed by atoms with Crippen molar-refractivity contribution in [1.82, 2.24) is 15.2 Å². The molecule has 1 saturated heterocycles. The second-order valence-corrected chi connectivity index (χ2v) is 5.63. The standard InChI is InChI=1S/C16H24N4O2/c1-12-11-17-7-6-14(12)18-8-9-19-16(22)15-5-3-4-10-20(15)13(2)21/h6-7,11,15H,3-5,8-10H2,1-2H3,(H,17,18)(H,19,22)/t15-/m0/s1. The van der Waals surface area contributed by atoms with E-state index >= 15 is 0 Å². The van der Waals surface area contributed by atoms with Crippen molar-refractivity contribution in [3.05, 3.63) is 24.0 Å². The van der Waals surface area contributed by atoms with Crippen molar-refractivity contribution in [3.8, 4) is 0 Å². The first-order valence-electron chi connectivity index (χ1n) is 7.79. The largest absolute Gasteiger partial charge is 0.383 e. The van der Waals surface area contributed by atoms with E-state index in [0.717, 1.165) is 30.5 Å². The Balaban J connectivity index is 1.77. The monoisotopic (exact) mass is 304 g/mol. The van der Waals surface area contributed by atoms with E-state index in [-0.39, 0.29) is 17.9 Å². The molecular formula is C16H24N4O2. The van der Waals surface area contributed by atoms with Crippen LogP contribution in [0.15, 0.2) is 18.5 Å². The van der Waals surface area contributed by atoms with Crippen LogP contribution < -0.4 is 10.6 Å². The number of nitrogens with zero attached hydrogens (tertiary/aromatic N) is 2. The molecular weight excluding hydrogens is 280 g/mol. The lowest BCUT2D eigenvalue weighted by molar-refractivity contribution is -0.140. The van der Waals surface area contributed by atoms with Crippen molar-refractivity contribution in [3.63, 3.8) is 0 Å². The number of amides is 2. The molecule has 0 spiro atoms. The highest BCUT2D eigenvalue weighted by Gasteiger charge is 2.29. The highest BCUT2D eigenvalue weighted by Crippen LogP contribution is 2.17. The molecule has 2 amide bonds. The lowest BCUT2D eigenvalue weighted by atomic mass is 10.0. The van der Waals surface area contributed by atoms with E-state index in [4.69, 9.17) is 0 Å². The van der Waals surface area contributed by atoms with Crippen LogP contribution in [-0.2, 0) is 9.59 Å². The van der Waals surface area contributed by atoms with Crippen LogP contribution in [0.2, 0.25) is 0 Å². The fourth-order valence-corrected chi connectivity index (χ4v) is 2.75. The second kappa shape index (κ2) is 7.77. The van der Waals surface area contributed by atoms with Crippen molar-refractivity contribution in [2.75, 3.05) is 25.0 Å². The molecule has 1 aromatic rings.